The fourth-order valence-corrected chi connectivity index (χ4v) is 1.70. The SMILES string of the molecule is CC(C)(C)OC(=O)N(C(=O)OC(C)(C)C)[C@@H]1C[C@H]1C(=O)O. The van der Waals surface area contributed by atoms with Crippen LogP contribution in [0.5, 0.6) is 0 Å². The van der Waals surface area contributed by atoms with Crippen LogP contribution in [-0.4, -0.2) is 45.4 Å². The van der Waals surface area contributed by atoms with Crippen molar-refractivity contribution in [3.63, 3.8) is 0 Å². The third-order valence-electron chi connectivity index (χ3n) is 2.59. The zero-order valence-corrected chi connectivity index (χ0v) is 13.3. The molecule has 1 aliphatic rings. The van der Waals surface area contributed by atoms with Crippen molar-refractivity contribution < 1.29 is 29.0 Å². The van der Waals surface area contributed by atoms with Crippen LogP contribution >= 0.6 is 0 Å². The first-order valence-corrected chi connectivity index (χ1v) is 6.80. The molecule has 2 amide bonds. The van der Waals surface area contributed by atoms with E-state index in [1.165, 1.54) is 0 Å². The lowest BCUT2D eigenvalue weighted by atomic mass is 10.2. The number of hydrogen-bond acceptors (Lipinski definition) is 5. The van der Waals surface area contributed by atoms with Crippen LogP contribution in [0.25, 0.3) is 0 Å². The van der Waals surface area contributed by atoms with Gasteiger partial charge in [0.25, 0.3) is 0 Å². The largest absolute Gasteiger partial charge is 0.481 e. The molecule has 1 saturated carbocycles. The molecule has 0 aromatic carbocycles. The zero-order chi connectivity index (χ0) is 16.6. The fraction of sp³-hybridized carbons (Fsp3) is 0.786. The fourth-order valence-electron chi connectivity index (χ4n) is 1.70. The van der Waals surface area contributed by atoms with Crippen molar-refractivity contribution in [2.24, 2.45) is 5.92 Å². The van der Waals surface area contributed by atoms with E-state index in [2.05, 4.69) is 0 Å². The molecule has 21 heavy (non-hydrogen) atoms. The lowest BCUT2D eigenvalue weighted by Crippen LogP contribution is -2.45. The number of carbonyl (C=O) groups excluding carboxylic acids is 2. The molecule has 1 N–H and O–H groups in total. The Bertz CT molecular complexity index is 417. The zero-order valence-electron chi connectivity index (χ0n) is 13.3. The van der Waals surface area contributed by atoms with E-state index in [-0.39, 0.29) is 6.42 Å². The predicted molar refractivity (Wildman–Crippen MR) is 73.8 cm³/mol. The van der Waals surface area contributed by atoms with Crippen LogP contribution in [-0.2, 0) is 14.3 Å². The topological polar surface area (TPSA) is 93.1 Å². The van der Waals surface area contributed by atoms with Crippen LogP contribution in [0.2, 0.25) is 0 Å². The Morgan fingerprint density at radius 2 is 1.33 bits per heavy atom. The standard InChI is InChI=1S/C14H23NO6/c1-13(2,3)20-11(18)15(9-7-8(9)10(16)17)12(19)21-14(4,5)6/h8-9H,7H2,1-6H3,(H,16,17)/t8-,9-/m1/s1. The number of imide groups is 1. The molecule has 0 heterocycles. The molecular weight excluding hydrogens is 278 g/mol. The second kappa shape index (κ2) is 5.54. The molecule has 120 valence electrons. The summed E-state index contributed by atoms with van der Waals surface area (Å²) in [5, 5.41) is 8.97. The summed E-state index contributed by atoms with van der Waals surface area (Å²) in [6.07, 6.45) is -1.55. The first-order valence-electron chi connectivity index (χ1n) is 6.80. The molecule has 0 radical (unpaired) electrons. The number of nitrogens with zero attached hydrogens (tertiary/aromatic N) is 1. The average Bonchev–Trinajstić information content (AvgIpc) is 2.91. The summed E-state index contributed by atoms with van der Waals surface area (Å²) in [5.74, 6) is -1.80. The Balaban J connectivity index is 2.89. The predicted octanol–water partition coefficient (Wildman–Crippen LogP) is 2.63. The maximum Gasteiger partial charge on any atom is 0.420 e. The summed E-state index contributed by atoms with van der Waals surface area (Å²) in [7, 11) is 0. The molecule has 0 aliphatic heterocycles. The summed E-state index contributed by atoms with van der Waals surface area (Å²) < 4.78 is 10.3. The van der Waals surface area contributed by atoms with Crippen LogP contribution < -0.4 is 0 Å². The smallest absolute Gasteiger partial charge is 0.420 e. The van der Waals surface area contributed by atoms with Crippen LogP contribution in [0.4, 0.5) is 9.59 Å². The van der Waals surface area contributed by atoms with Gasteiger partial charge in [0.2, 0.25) is 0 Å². The number of carboxylic acids is 1. The van der Waals surface area contributed by atoms with E-state index in [0.29, 0.717) is 0 Å². The average molecular weight is 301 g/mol. The van der Waals surface area contributed by atoms with Gasteiger partial charge in [-0.15, -0.1) is 0 Å². The quantitative estimate of drug-likeness (QED) is 0.842. The van der Waals surface area contributed by atoms with Gasteiger partial charge in [-0.3, -0.25) is 4.79 Å². The van der Waals surface area contributed by atoms with E-state index < -0.39 is 41.3 Å². The Hall–Kier alpha value is -1.79. The summed E-state index contributed by atoms with van der Waals surface area (Å²) in [4.78, 5) is 36.0. The number of carbonyl (C=O) groups is 3. The minimum atomic E-state index is -1.04. The molecule has 0 saturated heterocycles. The van der Waals surface area contributed by atoms with Gasteiger partial charge in [-0.25, -0.2) is 14.5 Å². The highest BCUT2D eigenvalue weighted by Gasteiger charge is 2.53. The highest BCUT2D eigenvalue weighted by molar-refractivity contribution is 5.90. The van der Waals surface area contributed by atoms with Crippen molar-refractivity contribution in [1.29, 1.82) is 0 Å². The maximum absolute atomic E-state index is 12.1. The van der Waals surface area contributed by atoms with Crippen LogP contribution in [0.1, 0.15) is 48.0 Å². The Morgan fingerprint density at radius 3 is 1.57 bits per heavy atom. The van der Waals surface area contributed by atoms with Gasteiger partial charge in [0, 0.05) is 0 Å². The van der Waals surface area contributed by atoms with Gasteiger partial charge in [0.05, 0.1) is 12.0 Å². The van der Waals surface area contributed by atoms with Gasteiger partial charge < -0.3 is 14.6 Å². The Labute approximate surface area is 124 Å². The third-order valence-corrected chi connectivity index (χ3v) is 2.59. The Kier molecular flexibility index (Phi) is 4.55. The number of ether oxygens (including phenoxy) is 2. The minimum absolute atomic E-state index is 0.216. The minimum Gasteiger partial charge on any atom is -0.481 e. The van der Waals surface area contributed by atoms with Gasteiger partial charge in [-0.2, -0.15) is 0 Å². The van der Waals surface area contributed by atoms with Crippen LogP contribution in [0.15, 0.2) is 0 Å². The van der Waals surface area contributed by atoms with Crippen molar-refractivity contribution in [2.75, 3.05) is 0 Å². The third kappa shape index (κ3) is 5.24. The molecular formula is C14H23NO6. The number of carboxylic acid groups (broad SMARTS) is 1. The lowest BCUT2D eigenvalue weighted by molar-refractivity contribution is -0.138. The molecule has 2 atom stereocenters. The van der Waals surface area contributed by atoms with E-state index in [1.807, 2.05) is 0 Å². The van der Waals surface area contributed by atoms with E-state index >= 15 is 0 Å². The molecule has 0 aromatic heterocycles. The first-order chi connectivity index (χ1) is 9.32. The number of aliphatic carboxylic acids is 1. The van der Waals surface area contributed by atoms with Gasteiger partial charge in [0.1, 0.15) is 11.2 Å². The lowest BCUT2D eigenvalue weighted by Gasteiger charge is -2.28. The highest BCUT2D eigenvalue weighted by Crippen LogP contribution is 2.37. The molecule has 0 spiro atoms. The maximum atomic E-state index is 12.1. The first kappa shape index (κ1) is 17.3. The second-order valence-corrected chi connectivity index (χ2v) is 7.08. The second-order valence-electron chi connectivity index (χ2n) is 7.08. The highest BCUT2D eigenvalue weighted by atomic mass is 16.6. The summed E-state index contributed by atoms with van der Waals surface area (Å²) in [6, 6.07) is -0.716. The Morgan fingerprint density at radius 1 is 0.952 bits per heavy atom. The van der Waals surface area contributed by atoms with Gasteiger partial charge in [-0.1, -0.05) is 0 Å². The summed E-state index contributed by atoms with van der Waals surface area (Å²) >= 11 is 0. The van der Waals surface area contributed by atoms with Crippen molar-refractivity contribution >= 4 is 18.2 Å². The van der Waals surface area contributed by atoms with Crippen LogP contribution in [0.3, 0.4) is 0 Å². The van der Waals surface area contributed by atoms with Gasteiger partial charge >= 0.3 is 18.2 Å². The van der Waals surface area contributed by atoms with Gasteiger partial charge in [-0.05, 0) is 48.0 Å². The number of hydrogen-bond donors (Lipinski definition) is 1. The van der Waals surface area contributed by atoms with E-state index in [9.17, 15) is 14.4 Å². The molecule has 7 heteroatoms. The van der Waals surface area contributed by atoms with E-state index in [0.717, 1.165) is 4.90 Å². The van der Waals surface area contributed by atoms with E-state index in [4.69, 9.17) is 14.6 Å². The molecule has 0 aromatic rings. The molecule has 1 fully saturated rings. The number of amides is 2. The normalized spacial score (nSPS) is 21.4. The van der Waals surface area contributed by atoms with Crippen molar-refractivity contribution in [3.05, 3.63) is 0 Å². The molecule has 7 nitrogen and oxygen atoms in total. The van der Waals surface area contributed by atoms with Crippen molar-refractivity contribution in [3.8, 4) is 0 Å². The van der Waals surface area contributed by atoms with Crippen molar-refractivity contribution in [2.45, 2.75) is 65.2 Å². The summed E-state index contributed by atoms with van der Waals surface area (Å²) in [5.41, 5.74) is -1.57. The van der Waals surface area contributed by atoms with Crippen molar-refractivity contribution in [1.82, 2.24) is 4.90 Å². The molecule has 1 rings (SSSR count). The monoisotopic (exact) mass is 301 g/mol. The van der Waals surface area contributed by atoms with Gasteiger partial charge in [0.15, 0.2) is 0 Å². The molecule has 0 bridgehead atoms. The molecule has 1 aliphatic carbocycles. The van der Waals surface area contributed by atoms with E-state index in [1.54, 1.807) is 41.5 Å². The molecule has 0 unspecified atom stereocenters. The number of rotatable bonds is 2. The summed E-state index contributed by atoms with van der Waals surface area (Å²) in [6.45, 7) is 10.00. The van der Waals surface area contributed by atoms with Crippen LogP contribution in [0, 0.1) is 5.92 Å².